The highest BCUT2D eigenvalue weighted by Crippen LogP contribution is 2.24. The van der Waals surface area contributed by atoms with E-state index in [1.165, 1.54) is 0 Å². The van der Waals surface area contributed by atoms with Crippen molar-refractivity contribution in [2.24, 2.45) is 0 Å². The average molecular weight is 241 g/mol. The van der Waals surface area contributed by atoms with Crippen molar-refractivity contribution in [2.45, 2.75) is 12.0 Å². The number of aliphatic carboxylic acids is 1. The molecule has 0 unspecified atom stereocenters. The lowest BCUT2D eigenvalue weighted by molar-refractivity contribution is -0.138. The first-order valence-corrected chi connectivity index (χ1v) is 5.44. The van der Waals surface area contributed by atoms with Crippen molar-refractivity contribution in [3.05, 3.63) is 29.3 Å². The fourth-order valence-electron chi connectivity index (χ4n) is 1.85. The Kier molecular flexibility index (Phi) is 3.03. The van der Waals surface area contributed by atoms with Gasteiger partial charge in [0.15, 0.2) is 0 Å². The number of benzene rings is 1. The van der Waals surface area contributed by atoms with Crippen molar-refractivity contribution in [1.82, 2.24) is 5.32 Å². The van der Waals surface area contributed by atoms with Gasteiger partial charge in [0.05, 0.1) is 12.0 Å². The highest BCUT2D eigenvalue weighted by Gasteiger charge is 2.38. The third kappa shape index (κ3) is 2.46. The van der Waals surface area contributed by atoms with Crippen LogP contribution in [-0.2, 0) is 4.79 Å². The zero-order valence-electron chi connectivity index (χ0n) is 8.66. The summed E-state index contributed by atoms with van der Waals surface area (Å²) in [5.41, 5.74) is 0.478. The zero-order chi connectivity index (χ0) is 11.6. The normalized spacial score (nSPS) is 17.6. The molecule has 0 atom stereocenters. The van der Waals surface area contributed by atoms with Crippen LogP contribution in [0.4, 0.5) is 5.69 Å². The molecule has 1 aromatic carbocycles. The molecule has 1 heterocycles. The van der Waals surface area contributed by atoms with Crippen LogP contribution < -0.4 is 10.6 Å². The Morgan fingerprint density at radius 3 is 2.81 bits per heavy atom. The van der Waals surface area contributed by atoms with Gasteiger partial charge in [-0.15, -0.1) is 0 Å². The maximum absolute atomic E-state index is 10.8. The van der Waals surface area contributed by atoms with E-state index >= 15 is 0 Å². The number of anilines is 1. The summed E-state index contributed by atoms with van der Waals surface area (Å²) >= 11 is 5.87. The number of hydrogen-bond acceptors (Lipinski definition) is 3. The lowest BCUT2D eigenvalue weighted by atomic mass is 9.88. The summed E-state index contributed by atoms with van der Waals surface area (Å²) in [6, 6.07) is 7.30. The lowest BCUT2D eigenvalue weighted by Gasteiger charge is -2.43. The monoisotopic (exact) mass is 240 g/mol. The van der Waals surface area contributed by atoms with Crippen molar-refractivity contribution >= 4 is 23.3 Å². The van der Waals surface area contributed by atoms with E-state index in [4.69, 9.17) is 16.7 Å². The van der Waals surface area contributed by atoms with Gasteiger partial charge in [-0.05, 0) is 18.2 Å². The maximum atomic E-state index is 10.8. The first-order valence-electron chi connectivity index (χ1n) is 5.06. The fourth-order valence-corrected chi connectivity index (χ4v) is 2.04. The minimum absolute atomic E-state index is 0.104. The third-order valence-corrected chi connectivity index (χ3v) is 2.89. The Morgan fingerprint density at radius 1 is 1.56 bits per heavy atom. The van der Waals surface area contributed by atoms with E-state index in [0.29, 0.717) is 18.1 Å². The Labute approximate surface area is 98.6 Å². The molecule has 0 aromatic heterocycles. The van der Waals surface area contributed by atoms with Gasteiger partial charge in [0.1, 0.15) is 0 Å². The molecule has 1 aliphatic heterocycles. The molecule has 2 rings (SSSR count). The topological polar surface area (TPSA) is 61.4 Å². The molecule has 1 fully saturated rings. The summed E-state index contributed by atoms with van der Waals surface area (Å²) in [6.07, 6.45) is 0.104. The Balaban J connectivity index is 2.09. The summed E-state index contributed by atoms with van der Waals surface area (Å²) in [4.78, 5) is 10.8. The second-order valence-electron chi connectivity index (χ2n) is 4.09. The van der Waals surface area contributed by atoms with E-state index in [-0.39, 0.29) is 12.0 Å². The molecule has 1 aromatic rings. The van der Waals surface area contributed by atoms with E-state index < -0.39 is 5.97 Å². The van der Waals surface area contributed by atoms with Gasteiger partial charge in [0, 0.05) is 23.8 Å². The summed E-state index contributed by atoms with van der Waals surface area (Å²) in [6.45, 7) is 1.32. The van der Waals surface area contributed by atoms with Crippen LogP contribution >= 0.6 is 11.6 Å². The second kappa shape index (κ2) is 4.31. The largest absolute Gasteiger partial charge is 0.481 e. The van der Waals surface area contributed by atoms with Crippen LogP contribution in [0.1, 0.15) is 6.42 Å². The fraction of sp³-hybridized carbons (Fsp3) is 0.364. The van der Waals surface area contributed by atoms with Crippen LogP contribution in [0.3, 0.4) is 0 Å². The SMILES string of the molecule is O=C(O)CC1(Nc2cccc(Cl)c2)CNC1. The van der Waals surface area contributed by atoms with Crippen LogP contribution in [0.15, 0.2) is 24.3 Å². The molecular weight excluding hydrogens is 228 g/mol. The van der Waals surface area contributed by atoms with Crippen molar-refractivity contribution in [1.29, 1.82) is 0 Å². The van der Waals surface area contributed by atoms with Crippen LogP contribution in [-0.4, -0.2) is 29.7 Å². The number of carboxylic acids is 1. The molecule has 0 radical (unpaired) electrons. The van der Waals surface area contributed by atoms with Gasteiger partial charge in [-0.3, -0.25) is 4.79 Å². The molecule has 1 saturated heterocycles. The Hall–Kier alpha value is -1.26. The van der Waals surface area contributed by atoms with Gasteiger partial charge in [-0.2, -0.15) is 0 Å². The number of rotatable bonds is 4. The summed E-state index contributed by atoms with van der Waals surface area (Å²) < 4.78 is 0. The zero-order valence-corrected chi connectivity index (χ0v) is 9.42. The van der Waals surface area contributed by atoms with E-state index in [1.807, 2.05) is 12.1 Å². The van der Waals surface area contributed by atoms with Gasteiger partial charge in [-0.25, -0.2) is 0 Å². The number of carboxylic acid groups (broad SMARTS) is 1. The molecule has 0 amide bonds. The number of nitrogens with one attached hydrogen (secondary N) is 2. The summed E-state index contributed by atoms with van der Waals surface area (Å²) in [5, 5.41) is 15.8. The van der Waals surface area contributed by atoms with Crippen LogP contribution in [0.5, 0.6) is 0 Å². The number of carbonyl (C=O) groups is 1. The third-order valence-electron chi connectivity index (χ3n) is 2.65. The van der Waals surface area contributed by atoms with Gasteiger partial charge >= 0.3 is 5.97 Å². The van der Waals surface area contributed by atoms with Crippen molar-refractivity contribution < 1.29 is 9.90 Å². The summed E-state index contributed by atoms with van der Waals surface area (Å²) in [5.74, 6) is -0.795. The molecule has 16 heavy (non-hydrogen) atoms. The quantitative estimate of drug-likeness (QED) is 0.748. The highest BCUT2D eigenvalue weighted by atomic mass is 35.5. The number of hydrogen-bond donors (Lipinski definition) is 3. The van der Waals surface area contributed by atoms with E-state index in [0.717, 1.165) is 5.69 Å². The predicted octanol–water partition coefficient (Wildman–Crippen LogP) is 1.57. The van der Waals surface area contributed by atoms with Gasteiger partial charge in [0.2, 0.25) is 0 Å². The molecule has 0 saturated carbocycles. The molecule has 0 bridgehead atoms. The van der Waals surface area contributed by atoms with Crippen molar-refractivity contribution in [3.8, 4) is 0 Å². The van der Waals surface area contributed by atoms with Gasteiger partial charge in [-0.1, -0.05) is 17.7 Å². The average Bonchev–Trinajstić information content (AvgIpc) is 2.13. The predicted molar refractivity (Wildman–Crippen MR) is 62.9 cm³/mol. The van der Waals surface area contributed by atoms with E-state index in [9.17, 15) is 4.79 Å². The minimum atomic E-state index is -0.795. The standard InChI is InChI=1S/C11H13ClN2O2/c12-8-2-1-3-9(4-8)14-11(5-10(15)16)6-13-7-11/h1-4,13-14H,5-7H2,(H,15,16). The second-order valence-corrected chi connectivity index (χ2v) is 4.53. The van der Waals surface area contributed by atoms with Crippen LogP contribution in [0.25, 0.3) is 0 Å². The van der Waals surface area contributed by atoms with E-state index in [2.05, 4.69) is 10.6 Å². The molecular formula is C11H13ClN2O2. The minimum Gasteiger partial charge on any atom is -0.481 e. The van der Waals surface area contributed by atoms with Crippen LogP contribution in [0, 0.1) is 0 Å². The highest BCUT2D eigenvalue weighted by molar-refractivity contribution is 6.30. The molecule has 0 spiro atoms. The molecule has 5 heteroatoms. The van der Waals surface area contributed by atoms with Crippen molar-refractivity contribution in [3.63, 3.8) is 0 Å². The van der Waals surface area contributed by atoms with Gasteiger partial charge < -0.3 is 15.7 Å². The summed E-state index contributed by atoms with van der Waals surface area (Å²) in [7, 11) is 0. The molecule has 0 aliphatic carbocycles. The maximum Gasteiger partial charge on any atom is 0.305 e. The molecule has 4 nitrogen and oxygen atoms in total. The molecule has 86 valence electrons. The van der Waals surface area contributed by atoms with Crippen molar-refractivity contribution in [2.75, 3.05) is 18.4 Å². The first-order chi connectivity index (χ1) is 7.60. The Morgan fingerprint density at radius 2 is 2.31 bits per heavy atom. The van der Waals surface area contributed by atoms with Crippen LogP contribution in [0.2, 0.25) is 5.02 Å². The van der Waals surface area contributed by atoms with E-state index in [1.54, 1.807) is 12.1 Å². The Bertz CT molecular complexity index is 405. The smallest absolute Gasteiger partial charge is 0.305 e. The molecule has 3 N–H and O–H groups in total. The lowest BCUT2D eigenvalue weighted by Crippen LogP contribution is -2.65. The first kappa shape index (κ1) is 11.2. The van der Waals surface area contributed by atoms with Gasteiger partial charge in [0.25, 0.3) is 0 Å². The molecule has 1 aliphatic rings. The number of halogens is 1.